The summed E-state index contributed by atoms with van der Waals surface area (Å²) in [5.41, 5.74) is 4.95. The molecule has 2 aromatic carbocycles. The van der Waals surface area contributed by atoms with Gasteiger partial charge in [0.25, 0.3) is 0 Å². The Bertz CT molecular complexity index is 2480. The van der Waals surface area contributed by atoms with Gasteiger partial charge in [0, 0.05) is 88.0 Å². The van der Waals surface area contributed by atoms with Gasteiger partial charge in [0.1, 0.15) is 35.4 Å². The molecule has 74 heavy (non-hydrogen) atoms. The number of ether oxygens (including phenoxy) is 4. The van der Waals surface area contributed by atoms with Crippen LogP contribution in [0.25, 0.3) is 21.5 Å². The molecule has 0 saturated heterocycles. The minimum absolute atomic E-state index is 0.284. The average Bonchev–Trinajstić information content (AvgIpc) is 3.45. The summed E-state index contributed by atoms with van der Waals surface area (Å²) in [7, 11) is 6.30. The van der Waals surface area contributed by atoms with E-state index in [1.807, 2.05) is 60.7 Å². The molecule has 4 aromatic heterocycles. The van der Waals surface area contributed by atoms with Gasteiger partial charge in [-0.15, -0.1) is 0 Å². The van der Waals surface area contributed by atoms with Crippen LogP contribution in [0.1, 0.15) is 73.9 Å². The normalized spacial score (nSPS) is 13.7. The Kier molecular flexibility index (Phi) is 22.4. The van der Waals surface area contributed by atoms with Crippen LogP contribution in [0.2, 0.25) is 0 Å². The molecule has 0 fully saturated rings. The molecular formula is C58H78N10O6. The number of aryl methyl sites for hydroxylation is 4. The molecule has 0 bridgehead atoms. The summed E-state index contributed by atoms with van der Waals surface area (Å²) in [6.45, 7) is 8.34. The third-order valence-electron chi connectivity index (χ3n) is 13.9. The first kappa shape index (κ1) is 55.3. The monoisotopic (exact) mass is 1010 g/mol. The fourth-order valence-corrected chi connectivity index (χ4v) is 9.62. The zero-order chi connectivity index (χ0) is 51.7. The molecule has 0 unspecified atom stereocenters. The van der Waals surface area contributed by atoms with Crippen molar-refractivity contribution in [2.45, 2.75) is 89.1 Å². The smallest absolute Gasteiger partial charge is 0.328 e. The molecule has 0 amide bonds. The number of methoxy groups -OCH3 is 4. The van der Waals surface area contributed by atoms with E-state index in [0.717, 1.165) is 148 Å². The number of hydrogen-bond donors (Lipinski definition) is 4. The molecule has 2 atom stereocenters. The lowest BCUT2D eigenvalue weighted by Crippen LogP contribution is -2.37. The van der Waals surface area contributed by atoms with Gasteiger partial charge in [-0.1, -0.05) is 60.7 Å². The van der Waals surface area contributed by atoms with Crippen LogP contribution < -0.4 is 21.3 Å². The molecule has 2 aliphatic heterocycles. The van der Waals surface area contributed by atoms with Gasteiger partial charge in [-0.05, 0) is 136 Å². The van der Waals surface area contributed by atoms with E-state index in [0.29, 0.717) is 37.7 Å². The first-order valence-corrected chi connectivity index (χ1v) is 26.6. The van der Waals surface area contributed by atoms with Gasteiger partial charge in [-0.25, -0.2) is 29.5 Å². The second-order valence-corrected chi connectivity index (χ2v) is 19.0. The molecule has 2 aliphatic rings. The number of unbranched alkanes of at least 4 members (excludes halogenated alkanes) is 2. The number of nitrogens with zero attached hydrogens (tertiary/aromatic N) is 6. The minimum Gasteiger partial charge on any atom is -0.467 e. The summed E-state index contributed by atoms with van der Waals surface area (Å²) >= 11 is 0. The summed E-state index contributed by atoms with van der Waals surface area (Å²) < 4.78 is 20.9. The van der Waals surface area contributed by atoms with E-state index in [9.17, 15) is 9.59 Å². The molecule has 16 nitrogen and oxygen atoms in total. The highest BCUT2D eigenvalue weighted by molar-refractivity contribution is 5.94. The van der Waals surface area contributed by atoms with Crippen molar-refractivity contribution >= 4 is 56.8 Å². The number of benzene rings is 2. The van der Waals surface area contributed by atoms with Crippen LogP contribution in [0.15, 0.2) is 97.3 Å². The molecule has 6 heterocycles. The average molecular weight is 1010 g/mol. The van der Waals surface area contributed by atoms with Gasteiger partial charge in [0.15, 0.2) is 0 Å². The summed E-state index contributed by atoms with van der Waals surface area (Å²) in [6, 6.07) is 27.8. The number of hydrogen-bond acceptors (Lipinski definition) is 16. The number of carbonyl (C=O) groups excluding carboxylic acids is 2. The highest BCUT2D eigenvalue weighted by atomic mass is 16.5. The van der Waals surface area contributed by atoms with E-state index < -0.39 is 12.1 Å². The molecule has 0 spiro atoms. The number of rotatable bonds is 28. The highest BCUT2D eigenvalue weighted by Gasteiger charge is 2.24. The maximum atomic E-state index is 12.6. The van der Waals surface area contributed by atoms with Crippen LogP contribution in [-0.4, -0.2) is 148 Å². The molecule has 0 radical (unpaired) electrons. The molecule has 4 N–H and O–H groups in total. The Hall–Kier alpha value is -6.46. The van der Waals surface area contributed by atoms with Crippen molar-refractivity contribution in [2.75, 3.05) is 115 Å². The van der Waals surface area contributed by atoms with Crippen molar-refractivity contribution < 1.29 is 28.5 Å². The predicted octanol–water partition coefficient (Wildman–Crippen LogP) is 8.61. The zero-order valence-corrected chi connectivity index (χ0v) is 44.1. The standard InChI is InChI=1S/2C29H39N5O3/c2*1-36-21-20-34(18-6-5-10-24-13-12-23-9-7-16-30-27(23)32-24)19-15-26(29(35)37-2)33-28-25-11-4-3-8-22(25)14-17-31-28/h2*3-4,8,11-14,17,26H,5-7,9-10,15-16,18-21H2,1-2H3,(H,30,32)(H,31,33)/t2*26-/m00/s1. The SMILES string of the molecule is COCCN(CCCCc1ccc2c(n1)NCCC2)CC[C@H](Nc1nccc2ccccc12)C(=O)OC.COCCN(CCCCc1ccc2c(n1)NCCC2)CC[C@H](Nc1nccc2ccccc12)C(=O)OC. The fraction of sp³-hybridized carbons (Fsp3) is 0.483. The van der Waals surface area contributed by atoms with E-state index in [2.05, 4.69) is 65.3 Å². The van der Waals surface area contributed by atoms with Gasteiger partial charge >= 0.3 is 11.9 Å². The van der Waals surface area contributed by atoms with Crippen LogP contribution in [0.5, 0.6) is 0 Å². The van der Waals surface area contributed by atoms with E-state index >= 15 is 0 Å². The molecule has 0 aliphatic carbocycles. The Morgan fingerprint density at radius 1 is 0.554 bits per heavy atom. The van der Waals surface area contributed by atoms with Gasteiger partial charge < -0.3 is 50.0 Å². The molecule has 16 heteroatoms. The zero-order valence-electron chi connectivity index (χ0n) is 44.1. The van der Waals surface area contributed by atoms with Crippen molar-refractivity contribution in [1.82, 2.24) is 29.7 Å². The first-order chi connectivity index (χ1) is 36.3. The predicted molar refractivity (Wildman–Crippen MR) is 296 cm³/mol. The lowest BCUT2D eigenvalue weighted by Gasteiger charge is -2.25. The van der Waals surface area contributed by atoms with Crippen molar-refractivity contribution in [1.29, 1.82) is 0 Å². The second-order valence-electron chi connectivity index (χ2n) is 19.0. The van der Waals surface area contributed by atoms with Crippen molar-refractivity contribution in [2.24, 2.45) is 0 Å². The third-order valence-corrected chi connectivity index (χ3v) is 13.9. The van der Waals surface area contributed by atoms with Crippen LogP contribution in [-0.2, 0) is 54.2 Å². The molecule has 0 saturated carbocycles. The molecule has 8 rings (SSSR count). The van der Waals surface area contributed by atoms with E-state index in [1.165, 1.54) is 38.2 Å². The van der Waals surface area contributed by atoms with Crippen LogP contribution in [0.4, 0.5) is 23.3 Å². The molecule has 6 aromatic rings. The van der Waals surface area contributed by atoms with Gasteiger partial charge in [-0.3, -0.25) is 0 Å². The number of aromatic nitrogens is 4. The van der Waals surface area contributed by atoms with Gasteiger partial charge in [-0.2, -0.15) is 0 Å². The quantitative estimate of drug-likeness (QED) is 0.0271. The first-order valence-electron chi connectivity index (χ1n) is 26.6. The third kappa shape index (κ3) is 16.8. The Labute approximate surface area is 437 Å². The number of carbonyl (C=O) groups is 2. The maximum Gasteiger partial charge on any atom is 0.328 e. The van der Waals surface area contributed by atoms with Gasteiger partial charge in [0.05, 0.1) is 27.4 Å². The van der Waals surface area contributed by atoms with Gasteiger partial charge in [0.2, 0.25) is 0 Å². The van der Waals surface area contributed by atoms with E-state index in [4.69, 9.17) is 28.9 Å². The molecule has 396 valence electrons. The summed E-state index contributed by atoms with van der Waals surface area (Å²) in [5.74, 6) is 2.95. The number of nitrogens with one attached hydrogen (secondary N) is 4. The van der Waals surface area contributed by atoms with Crippen LogP contribution in [0.3, 0.4) is 0 Å². The Balaban J connectivity index is 0.000000216. The van der Waals surface area contributed by atoms with Crippen molar-refractivity contribution in [3.63, 3.8) is 0 Å². The Morgan fingerprint density at radius 2 is 1.00 bits per heavy atom. The summed E-state index contributed by atoms with van der Waals surface area (Å²) in [5, 5.41) is 17.7. The number of pyridine rings is 4. The molecular weight excluding hydrogens is 933 g/mol. The van der Waals surface area contributed by atoms with E-state index in [-0.39, 0.29) is 11.9 Å². The number of esters is 2. The van der Waals surface area contributed by atoms with Crippen LogP contribution in [0, 0.1) is 0 Å². The van der Waals surface area contributed by atoms with Crippen molar-refractivity contribution in [3.05, 3.63) is 120 Å². The van der Waals surface area contributed by atoms with Crippen molar-refractivity contribution in [3.8, 4) is 0 Å². The lowest BCUT2D eigenvalue weighted by molar-refractivity contribution is -0.142. The van der Waals surface area contributed by atoms with Crippen LogP contribution >= 0.6 is 0 Å². The minimum atomic E-state index is -0.486. The largest absolute Gasteiger partial charge is 0.467 e. The maximum absolute atomic E-state index is 12.6. The van der Waals surface area contributed by atoms with E-state index in [1.54, 1.807) is 26.6 Å². The highest BCUT2D eigenvalue weighted by Crippen LogP contribution is 2.25. The fourth-order valence-electron chi connectivity index (χ4n) is 9.62. The number of fused-ring (bicyclic) bond motifs is 4. The lowest BCUT2D eigenvalue weighted by atomic mass is 10.1. The summed E-state index contributed by atoms with van der Waals surface area (Å²) in [4.78, 5) is 48.6. The second kappa shape index (κ2) is 30.0. The summed E-state index contributed by atoms with van der Waals surface area (Å²) in [6.07, 6.45) is 15.5. The number of anilines is 4. The topological polar surface area (TPSA) is 177 Å². The Morgan fingerprint density at radius 3 is 1.43 bits per heavy atom.